The first-order valence-electron chi connectivity index (χ1n) is 7.58. The van der Waals surface area contributed by atoms with Crippen LogP contribution in [-0.4, -0.2) is 52.9 Å². The van der Waals surface area contributed by atoms with Crippen LogP contribution >= 0.6 is 11.8 Å². The Kier molecular flexibility index (Phi) is 4.10. The molecule has 1 atom stereocenters. The van der Waals surface area contributed by atoms with Crippen LogP contribution in [-0.2, 0) is 9.59 Å². The number of nitrogens with one attached hydrogen (secondary N) is 2. The second-order valence-electron chi connectivity index (χ2n) is 6.17. The van der Waals surface area contributed by atoms with E-state index >= 15 is 0 Å². The average molecular weight is 311 g/mol. The summed E-state index contributed by atoms with van der Waals surface area (Å²) in [5.74, 6) is 2.59. The lowest BCUT2D eigenvalue weighted by molar-refractivity contribution is -0.137. The number of amides is 4. The van der Waals surface area contributed by atoms with Gasteiger partial charge in [0.05, 0.1) is 6.54 Å². The van der Waals surface area contributed by atoms with Gasteiger partial charge in [-0.2, -0.15) is 11.8 Å². The Morgan fingerprint density at radius 1 is 1.33 bits per heavy atom. The highest BCUT2D eigenvalue weighted by molar-refractivity contribution is 7.99. The van der Waals surface area contributed by atoms with Gasteiger partial charge in [-0.15, -0.1) is 0 Å². The molecule has 3 rings (SSSR count). The second kappa shape index (κ2) is 5.87. The van der Waals surface area contributed by atoms with Gasteiger partial charge in [-0.25, -0.2) is 4.79 Å². The van der Waals surface area contributed by atoms with E-state index in [1.807, 2.05) is 11.8 Å². The molecular formula is C14H21N3O3S. The standard InChI is InChI=1S/C14H21N3O3S/c18-11(8-10-2-6-21-7-3-10)17-5-1-4-14(9-17)12(19)15-13(20)16-14/h10H,1-9H2,(H2,15,16,19,20). The monoisotopic (exact) mass is 311 g/mol. The minimum atomic E-state index is -0.895. The van der Waals surface area contributed by atoms with Crippen LogP contribution in [0.3, 0.4) is 0 Å². The molecule has 1 spiro atoms. The van der Waals surface area contributed by atoms with Crippen molar-refractivity contribution in [1.29, 1.82) is 0 Å². The molecule has 116 valence electrons. The van der Waals surface area contributed by atoms with Crippen molar-refractivity contribution in [2.75, 3.05) is 24.6 Å². The summed E-state index contributed by atoms with van der Waals surface area (Å²) in [6, 6.07) is -0.446. The molecule has 3 saturated heterocycles. The highest BCUT2D eigenvalue weighted by atomic mass is 32.2. The molecule has 0 aromatic heterocycles. The predicted octanol–water partition coefficient (Wildman–Crippen LogP) is 0.720. The maximum atomic E-state index is 12.5. The van der Waals surface area contributed by atoms with E-state index in [4.69, 9.17) is 0 Å². The zero-order valence-electron chi connectivity index (χ0n) is 12.0. The van der Waals surface area contributed by atoms with Crippen LogP contribution in [0.5, 0.6) is 0 Å². The van der Waals surface area contributed by atoms with Gasteiger partial charge in [-0.1, -0.05) is 0 Å². The molecule has 0 aliphatic carbocycles. The van der Waals surface area contributed by atoms with Gasteiger partial charge in [0, 0.05) is 13.0 Å². The van der Waals surface area contributed by atoms with Crippen molar-refractivity contribution in [2.24, 2.45) is 5.92 Å². The van der Waals surface area contributed by atoms with Gasteiger partial charge >= 0.3 is 6.03 Å². The van der Waals surface area contributed by atoms with E-state index < -0.39 is 11.6 Å². The topological polar surface area (TPSA) is 78.5 Å². The van der Waals surface area contributed by atoms with Crippen molar-refractivity contribution in [3.63, 3.8) is 0 Å². The van der Waals surface area contributed by atoms with Crippen LogP contribution in [0.25, 0.3) is 0 Å². The van der Waals surface area contributed by atoms with Crippen LogP contribution in [0.4, 0.5) is 4.79 Å². The third kappa shape index (κ3) is 3.02. The lowest BCUT2D eigenvalue weighted by atomic mass is 9.88. The fraction of sp³-hybridized carbons (Fsp3) is 0.786. The number of rotatable bonds is 2. The summed E-state index contributed by atoms with van der Waals surface area (Å²) in [6.45, 7) is 0.996. The van der Waals surface area contributed by atoms with Gasteiger partial charge in [0.2, 0.25) is 5.91 Å². The summed E-state index contributed by atoms with van der Waals surface area (Å²) in [6.07, 6.45) is 4.14. The number of hydrogen-bond acceptors (Lipinski definition) is 4. The Balaban J connectivity index is 1.61. The number of thioether (sulfide) groups is 1. The fourth-order valence-electron chi connectivity index (χ4n) is 3.41. The van der Waals surface area contributed by atoms with E-state index in [-0.39, 0.29) is 11.8 Å². The largest absolute Gasteiger partial charge is 0.340 e. The molecule has 3 aliphatic heterocycles. The minimum absolute atomic E-state index is 0.125. The lowest BCUT2D eigenvalue weighted by Crippen LogP contribution is -2.59. The van der Waals surface area contributed by atoms with E-state index in [0.29, 0.717) is 31.8 Å². The lowest BCUT2D eigenvalue weighted by Gasteiger charge is -2.38. The van der Waals surface area contributed by atoms with Gasteiger partial charge in [-0.05, 0) is 43.1 Å². The SMILES string of the molecule is O=C1NC(=O)C2(CCCN(C(=O)CC3CCSCC3)C2)N1. The Morgan fingerprint density at radius 2 is 2.10 bits per heavy atom. The quantitative estimate of drug-likeness (QED) is 0.737. The van der Waals surface area contributed by atoms with Crippen LogP contribution in [0.2, 0.25) is 0 Å². The zero-order chi connectivity index (χ0) is 14.9. The van der Waals surface area contributed by atoms with Crippen molar-refractivity contribution >= 4 is 29.6 Å². The van der Waals surface area contributed by atoms with E-state index in [1.165, 1.54) is 0 Å². The number of hydrogen-bond donors (Lipinski definition) is 2. The number of imide groups is 1. The van der Waals surface area contributed by atoms with E-state index in [2.05, 4.69) is 10.6 Å². The molecule has 2 N–H and O–H groups in total. The molecule has 0 aromatic carbocycles. The Morgan fingerprint density at radius 3 is 2.76 bits per heavy atom. The van der Waals surface area contributed by atoms with Crippen LogP contribution < -0.4 is 10.6 Å². The van der Waals surface area contributed by atoms with Gasteiger partial charge in [0.25, 0.3) is 5.91 Å². The molecule has 0 saturated carbocycles. The minimum Gasteiger partial charge on any atom is -0.340 e. The molecule has 0 aromatic rings. The maximum absolute atomic E-state index is 12.5. The summed E-state index contributed by atoms with van der Waals surface area (Å²) in [5.41, 5.74) is -0.895. The zero-order valence-corrected chi connectivity index (χ0v) is 12.8. The van der Waals surface area contributed by atoms with Crippen molar-refractivity contribution in [3.05, 3.63) is 0 Å². The average Bonchev–Trinajstić information content (AvgIpc) is 2.74. The van der Waals surface area contributed by atoms with Crippen molar-refractivity contribution in [3.8, 4) is 0 Å². The van der Waals surface area contributed by atoms with Gasteiger partial charge < -0.3 is 10.2 Å². The summed E-state index contributed by atoms with van der Waals surface area (Å²) < 4.78 is 0. The first-order chi connectivity index (χ1) is 10.1. The highest BCUT2D eigenvalue weighted by Gasteiger charge is 2.49. The normalized spacial score (nSPS) is 30.4. The van der Waals surface area contributed by atoms with Gasteiger partial charge in [0.15, 0.2) is 0 Å². The number of urea groups is 1. The number of carbonyl (C=O) groups is 3. The third-order valence-electron chi connectivity index (χ3n) is 4.66. The molecule has 7 heteroatoms. The third-order valence-corrected chi connectivity index (χ3v) is 5.71. The predicted molar refractivity (Wildman–Crippen MR) is 79.9 cm³/mol. The van der Waals surface area contributed by atoms with Crippen molar-refractivity contribution in [2.45, 2.75) is 37.6 Å². The van der Waals surface area contributed by atoms with Crippen molar-refractivity contribution in [1.82, 2.24) is 15.5 Å². The molecular weight excluding hydrogens is 290 g/mol. The Labute approximate surface area is 128 Å². The second-order valence-corrected chi connectivity index (χ2v) is 7.39. The molecule has 0 bridgehead atoms. The highest BCUT2D eigenvalue weighted by Crippen LogP contribution is 2.28. The summed E-state index contributed by atoms with van der Waals surface area (Å²) in [7, 11) is 0. The van der Waals surface area contributed by atoms with E-state index in [9.17, 15) is 14.4 Å². The van der Waals surface area contributed by atoms with Crippen LogP contribution in [0, 0.1) is 5.92 Å². The molecule has 21 heavy (non-hydrogen) atoms. The summed E-state index contributed by atoms with van der Waals surface area (Å²) in [4.78, 5) is 37.6. The van der Waals surface area contributed by atoms with Crippen LogP contribution in [0.1, 0.15) is 32.1 Å². The van der Waals surface area contributed by atoms with E-state index in [1.54, 1.807) is 4.90 Å². The fourth-order valence-corrected chi connectivity index (χ4v) is 4.61. The molecule has 6 nitrogen and oxygen atoms in total. The summed E-state index contributed by atoms with van der Waals surface area (Å²) in [5, 5.41) is 5.00. The number of carbonyl (C=O) groups excluding carboxylic acids is 3. The molecule has 1 unspecified atom stereocenters. The van der Waals surface area contributed by atoms with Crippen LogP contribution in [0.15, 0.2) is 0 Å². The molecule has 3 aliphatic rings. The Hall–Kier alpha value is -1.24. The number of likely N-dealkylation sites (tertiary alicyclic amines) is 1. The van der Waals surface area contributed by atoms with E-state index in [0.717, 1.165) is 30.8 Å². The maximum Gasteiger partial charge on any atom is 0.322 e. The molecule has 0 radical (unpaired) electrons. The first kappa shape index (κ1) is 14.7. The van der Waals surface area contributed by atoms with Crippen molar-refractivity contribution < 1.29 is 14.4 Å². The number of nitrogens with zero attached hydrogens (tertiary/aromatic N) is 1. The first-order valence-corrected chi connectivity index (χ1v) is 8.74. The molecule has 4 amide bonds. The smallest absolute Gasteiger partial charge is 0.322 e. The van der Waals surface area contributed by atoms with Gasteiger partial charge in [0.1, 0.15) is 5.54 Å². The summed E-state index contributed by atoms with van der Waals surface area (Å²) >= 11 is 1.95. The number of piperidine rings is 1. The Bertz CT molecular complexity index is 464. The molecule has 3 heterocycles. The van der Waals surface area contributed by atoms with Gasteiger partial charge in [-0.3, -0.25) is 14.9 Å². The molecule has 3 fully saturated rings.